The monoisotopic (exact) mass is 429 g/mol. The van der Waals surface area contributed by atoms with Crippen molar-refractivity contribution < 1.29 is 9.84 Å². The maximum Gasteiger partial charge on any atom is 0.282 e. The fourth-order valence-electron chi connectivity index (χ4n) is 2.74. The number of methoxy groups -OCH3 is 1. The highest BCUT2D eigenvalue weighted by atomic mass is 79.9. The van der Waals surface area contributed by atoms with Crippen molar-refractivity contribution in [2.75, 3.05) is 7.11 Å². The van der Waals surface area contributed by atoms with Crippen LogP contribution in [0.2, 0.25) is 0 Å². The first-order chi connectivity index (χ1) is 13.0. The number of hydrogen-bond acceptors (Lipinski definition) is 5. The Kier molecular flexibility index (Phi) is 5.91. The van der Waals surface area contributed by atoms with E-state index in [1.165, 1.54) is 18.0 Å². The van der Waals surface area contributed by atoms with E-state index < -0.39 is 0 Å². The first-order valence-electron chi connectivity index (χ1n) is 8.66. The van der Waals surface area contributed by atoms with Gasteiger partial charge in [-0.25, -0.2) is 4.98 Å². The maximum absolute atomic E-state index is 13.0. The molecule has 0 bridgehead atoms. The molecule has 0 aliphatic carbocycles. The smallest absolute Gasteiger partial charge is 0.282 e. The van der Waals surface area contributed by atoms with E-state index >= 15 is 0 Å². The molecule has 140 valence electrons. The van der Waals surface area contributed by atoms with Gasteiger partial charge in [0, 0.05) is 16.5 Å². The second kappa shape index (κ2) is 8.35. The number of halogens is 1. The SMILES string of the molecule is CCCCc1nc2ccc(Br)cc2c(=O)n1N=Cc1cccc(OC)c1O. The van der Waals surface area contributed by atoms with Gasteiger partial charge < -0.3 is 9.84 Å². The molecule has 0 aliphatic rings. The minimum atomic E-state index is -0.244. The van der Waals surface area contributed by atoms with Crippen molar-refractivity contribution in [1.29, 1.82) is 0 Å². The first kappa shape index (κ1) is 19.1. The number of hydrogen-bond donors (Lipinski definition) is 1. The minimum absolute atomic E-state index is 0.0246. The normalized spacial score (nSPS) is 11.4. The molecule has 2 aromatic carbocycles. The molecule has 0 spiro atoms. The van der Waals surface area contributed by atoms with Crippen LogP contribution in [-0.4, -0.2) is 28.1 Å². The number of nitrogens with zero attached hydrogens (tertiary/aromatic N) is 3. The molecule has 6 nitrogen and oxygen atoms in total. The summed E-state index contributed by atoms with van der Waals surface area (Å²) in [6.07, 6.45) is 3.96. The van der Waals surface area contributed by atoms with E-state index in [4.69, 9.17) is 4.74 Å². The van der Waals surface area contributed by atoms with E-state index in [0.29, 0.717) is 34.5 Å². The molecule has 1 aromatic heterocycles. The van der Waals surface area contributed by atoms with Crippen LogP contribution in [0, 0.1) is 0 Å². The van der Waals surface area contributed by atoms with Gasteiger partial charge in [0.2, 0.25) is 0 Å². The summed E-state index contributed by atoms with van der Waals surface area (Å²) in [5.74, 6) is 0.914. The summed E-state index contributed by atoms with van der Waals surface area (Å²) in [7, 11) is 1.48. The van der Waals surface area contributed by atoms with Gasteiger partial charge in [-0.1, -0.05) is 35.3 Å². The zero-order valence-electron chi connectivity index (χ0n) is 15.1. The van der Waals surface area contributed by atoms with Crippen molar-refractivity contribution >= 4 is 33.0 Å². The summed E-state index contributed by atoms with van der Waals surface area (Å²) in [6, 6.07) is 10.5. The average molecular weight is 430 g/mol. The van der Waals surface area contributed by atoms with Crippen molar-refractivity contribution in [2.45, 2.75) is 26.2 Å². The van der Waals surface area contributed by atoms with Crippen LogP contribution in [0.4, 0.5) is 0 Å². The zero-order valence-corrected chi connectivity index (χ0v) is 16.7. The Morgan fingerprint density at radius 3 is 2.89 bits per heavy atom. The molecular weight excluding hydrogens is 410 g/mol. The zero-order chi connectivity index (χ0) is 19.4. The first-order valence-corrected chi connectivity index (χ1v) is 9.46. The van der Waals surface area contributed by atoms with Crippen LogP contribution >= 0.6 is 15.9 Å². The van der Waals surface area contributed by atoms with Crippen LogP contribution in [0.25, 0.3) is 10.9 Å². The minimum Gasteiger partial charge on any atom is -0.504 e. The van der Waals surface area contributed by atoms with E-state index in [9.17, 15) is 9.90 Å². The van der Waals surface area contributed by atoms with Crippen LogP contribution in [0.3, 0.4) is 0 Å². The molecule has 0 saturated heterocycles. The summed E-state index contributed by atoms with van der Waals surface area (Å²) in [5, 5.41) is 15.0. The fraction of sp³-hybridized carbons (Fsp3) is 0.250. The lowest BCUT2D eigenvalue weighted by Gasteiger charge is -2.10. The number of aryl methyl sites for hydroxylation is 1. The van der Waals surface area contributed by atoms with Crippen molar-refractivity contribution in [3.63, 3.8) is 0 Å². The lowest BCUT2D eigenvalue weighted by molar-refractivity contribution is 0.373. The predicted molar refractivity (Wildman–Crippen MR) is 110 cm³/mol. The summed E-state index contributed by atoms with van der Waals surface area (Å²) >= 11 is 3.39. The predicted octanol–water partition coefficient (Wildman–Crippen LogP) is 4.10. The molecule has 0 fully saturated rings. The third-order valence-corrected chi connectivity index (χ3v) is 4.68. The molecule has 1 N–H and O–H groups in total. The molecule has 1 heterocycles. The average Bonchev–Trinajstić information content (AvgIpc) is 2.67. The van der Waals surface area contributed by atoms with Gasteiger partial charge in [-0.15, -0.1) is 0 Å². The topological polar surface area (TPSA) is 76.7 Å². The summed E-state index contributed by atoms with van der Waals surface area (Å²) in [6.45, 7) is 2.08. The largest absolute Gasteiger partial charge is 0.504 e. The molecule has 0 atom stereocenters. The maximum atomic E-state index is 13.0. The number of benzene rings is 2. The quantitative estimate of drug-likeness (QED) is 0.598. The second-order valence-electron chi connectivity index (χ2n) is 6.05. The molecule has 3 aromatic rings. The molecule has 3 rings (SSSR count). The van der Waals surface area contributed by atoms with Crippen molar-refractivity contribution in [3.05, 3.63) is 62.6 Å². The second-order valence-corrected chi connectivity index (χ2v) is 6.97. The van der Waals surface area contributed by atoms with Crippen LogP contribution in [0.15, 0.2) is 50.8 Å². The molecule has 0 aliphatic heterocycles. The molecule has 7 heteroatoms. The van der Waals surface area contributed by atoms with Crippen LogP contribution in [0.1, 0.15) is 31.2 Å². The summed E-state index contributed by atoms with van der Waals surface area (Å²) in [5.41, 5.74) is 0.855. The van der Waals surface area contributed by atoms with E-state index in [0.717, 1.165) is 17.3 Å². The van der Waals surface area contributed by atoms with E-state index in [1.54, 1.807) is 24.3 Å². The lowest BCUT2D eigenvalue weighted by atomic mass is 10.2. The van der Waals surface area contributed by atoms with Crippen molar-refractivity contribution in [2.24, 2.45) is 5.10 Å². The van der Waals surface area contributed by atoms with Gasteiger partial charge in [0.25, 0.3) is 5.56 Å². The Morgan fingerprint density at radius 2 is 2.15 bits per heavy atom. The molecular formula is C20H20BrN3O3. The Morgan fingerprint density at radius 1 is 1.33 bits per heavy atom. The molecule has 0 radical (unpaired) electrons. The van der Waals surface area contributed by atoms with Crippen LogP contribution in [0.5, 0.6) is 11.5 Å². The number of phenols is 1. The number of aromatic hydroxyl groups is 1. The third kappa shape index (κ3) is 4.03. The number of rotatable bonds is 6. The number of unbranched alkanes of at least 4 members (excludes halogenated alkanes) is 1. The number of phenolic OH excluding ortho intramolecular Hbond substituents is 1. The Bertz CT molecular complexity index is 1060. The number of ether oxygens (including phenoxy) is 1. The van der Waals surface area contributed by atoms with Gasteiger partial charge in [-0.3, -0.25) is 4.79 Å². The number of aromatic nitrogens is 2. The highest BCUT2D eigenvalue weighted by molar-refractivity contribution is 9.10. The van der Waals surface area contributed by atoms with E-state index in [-0.39, 0.29) is 11.3 Å². The van der Waals surface area contributed by atoms with Gasteiger partial charge in [0.15, 0.2) is 11.5 Å². The van der Waals surface area contributed by atoms with Crippen molar-refractivity contribution in [1.82, 2.24) is 9.66 Å². The molecule has 27 heavy (non-hydrogen) atoms. The Labute approximate surface area is 165 Å². The number of para-hydroxylation sites is 1. The standard InChI is InChI=1S/C20H20BrN3O3/c1-3-4-8-18-23-16-10-9-14(21)11-15(16)20(26)24(18)22-12-13-6-5-7-17(27-2)19(13)25/h5-7,9-12,25H,3-4,8H2,1-2H3. The number of fused-ring (bicyclic) bond motifs is 1. The summed E-state index contributed by atoms with van der Waals surface area (Å²) < 4.78 is 7.22. The van der Waals surface area contributed by atoms with Gasteiger partial charge in [-0.05, 0) is 36.8 Å². The van der Waals surface area contributed by atoms with Crippen molar-refractivity contribution in [3.8, 4) is 11.5 Å². The lowest BCUT2D eigenvalue weighted by Crippen LogP contribution is -2.22. The van der Waals surface area contributed by atoms with Crippen LogP contribution < -0.4 is 10.3 Å². The van der Waals surface area contributed by atoms with E-state index in [2.05, 4.69) is 32.9 Å². The third-order valence-electron chi connectivity index (χ3n) is 4.19. The Hall–Kier alpha value is -2.67. The highest BCUT2D eigenvalue weighted by Crippen LogP contribution is 2.28. The highest BCUT2D eigenvalue weighted by Gasteiger charge is 2.11. The van der Waals surface area contributed by atoms with Gasteiger partial charge in [0.1, 0.15) is 5.82 Å². The van der Waals surface area contributed by atoms with Gasteiger partial charge in [0.05, 0.1) is 24.2 Å². The van der Waals surface area contributed by atoms with Gasteiger partial charge >= 0.3 is 0 Å². The molecule has 0 amide bonds. The van der Waals surface area contributed by atoms with E-state index in [1.807, 2.05) is 12.1 Å². The molecule has 0 unspecified atom stereocenters. The Balaban J connectivity index is 2.14. The van der Waals surface area contributed by atoms with Crippen LogP contribution in [-0.2, 0) is 6.42 Å². The fourth-order valence-corrected chi connectivity index (χ4v) is 3.10. The summed E-state index contributed by atoms with van der Waals surface area (Å²) in [4.78, 5) is 17.6. The molecule has 0 saturated carbocycles. The van der Waals surface area contributed by atoms with Gasteiger partial charge in [-0.2, -0.15) is 9.78 Å².